The summed E-state index contributed by atoms with van der Waals surface area (Å²) in [6.45, 7) is 6.81. The predicted octanol–water partition coefficient (Wildman–Crippen LogP) is 8.08. The summed E-state index contributed by atoms with van der Waals surface area (Å²) in [6, 6.07) is 12.1. The molecule has 4 heterocycles. The fourth-order valence-electron chi connectivity index (χ4n) is 5.57. The Morgan fingerprint density at radius 3 is 2.62 bits per heavy atom. The molecule has 6 rings (SSSR count). The Balaban J connectivity index is 1.26. The number of anilines is 3. The first-order valence-corrected chi connectivity index (χ1v) is 16.7. The lowest BCUT2D eigenvalue weighted by molar-refractivity contribution is 0.0144. The number of hydrazine groups is 2. The zero-order valence-corrected chi connectivity index (χ0v) is 28.2. The van der Waals surface area contributed by atoms with Gasteiger partial charge in [0.15, 0.2) is 0 Å². The van der Waals surface area contributed by atoms with Gasteiger partial charge in [-0.15, -0.1) is 5.53 Å². The van der Waals surface area contributed by atoms with Crippen molar-refractivity contribution in [1.29, 1.82) is 5.26 Å². The molecular weight excluding hydrogens is 662 g/mol. The third kappa shape index (κ3) is 7.34. The molecular formula is C33H33Cl2FN8O2S. The number of thiophene rings is 1. The van der Waals surface area contributed by atoms with Gasteiger partial charge >= 0.3 is 6.09 Å². The van der Waals surface area contributed by atoms with Crippen LogP contribution in [0.4, 0.5) is 26.2 Å². The largest absolute Gasteiger partial charge is 0.444 e. The molecule has 2 aromatic carbocycles. The number of benzene rings is 2. The minimum atomic E-state index is -0.541. The Morgan fingerprint density at radius 2 is 1.94 bits per heavy atom. The van der Waals surface area contributed by atoms with Gasteiger partial charge < -0.3 is 25.7 Å². The number of carbonyl (C=O) groups excluding carboxylic acids is 1. The van der Waals surface area contributed by atoms with Crippen molar-refractivity contribution in [3.8, 4) is 6.07 Å². The molecule has 244 valence electrons. The zero-order chi connectivity index (χ0) is 33.3. The number of likely N-dealkylation sites (tertiary alicyclic amines) is 1. The van der Waals surface area contributed by atoms with Crippen molar-refractivity contribution < 1.29 is 13.9 Å². The van der Waals surface area contributed by atoms with Crippen molar-refractivity contribution in [1.82, 2.24) is 25.9 Å². The molecule has 14 heteroatoms. The van der Waals surface area contributed by atoms with E-state index in [0.717, 1.165) is 24.1 Å². The first-order chi connectivity index (χ1) is 22.5. The van der Waals surface area contributed by atoms with Gasteiger partial charge in [-0.1, -0.05) is 23.2 Å². The summed E-state index contributed by atoms with van der Waals surface area (Å²) >= 11 is 14.4. The SMILES string of the molecule is CC(C)(C)OC(=O)N1CCC(N2C=C([C@@H](Nc3cc(Cl)c4ncc(C#N)c(Nc5ccc(F)c(Cl)c5)c4c3)c3ccsc3)NN2)CC1. The van der Waals surface area contributed by atoms with Crippen LogP contribution in [0.15, 0.2) is 65.3 Å². The van der Waals surface area contributed by atoms with Crippen molar-refractivity contribution >= 4 is 68.6 Å². The summed E-state index contributed by atoms with van der Waals surface area (Å²) < 4.78 is 19.4. The molecule has 0 spiro atoms. The third-order valence-electron chi connectivity index (χ3n) is 7.85. The number of pyridine rings is 1. The highest BCUT2D eigenvalue weighted by atomic mass is 35.5. The molecule has 2 aliphatic heterocycles. The van der Waals surface area contributed by atoms with E-state index in [4.69, 9.17) is 27.9 Å². The van der Waals surface area contributed by atoms with E-state index in [2.05, 4.69) is 49.1 Å². The quantitative estimate of drug-likeness (QED) is 0.152. The van der Waals surface area contributed by atoms with E-state index in [1.807, 2.05) is 38.4 Å². The summed E-state index contributed by atoms with van der Waals surface area (Å²) in [4.78, 5) is 18.8. The Kier molecular flexibility index (Phi) is 9.34. The monoisotopic (exact) mass is 694 g/mol. The molecule has 1 amide bonds. The summed E-state index contributed by atoms with van der Waals surface area (Å²) in [5, 5.41) is 23.8. The average Bonchev–Trinajstić information content (AvgIpc) is 3.75. The zero-order valence-electron chi connectivity index (χ0n) is 25.9. The van der Waals surface area contributed by atoms with Crippen LogP contribution in [-0.4, -0.2) is 45.7 Å². The van der Waals surface area contributed by atoms with Gasteiger partial charge in [-0.3, -0.25) is 9.99 Å². The number of nitriles is 1. The normalized spacial score (nSPS) is 16.0. The van der Waals surface area contributed by atoms with Gasteiger partial charge in [0.1, 0.15) is 17.5 Å². The van der Waals surface area contributed by atoms with Crippen molar-refractivity contribution in [2.45, 2.75) is 51.3 Å². The van der Waals surface area contributed by atoms with Gasteiger partial charge in [0, 0.05) is 48.3 Å². The van der Waals surface area contributed by atoms with Crippen LogP contribution >= 0.6 is 34.5 Å². The Morgan fingerprint density at radius 1 is 1.17 bits per heavy atom. The maximum absolute atomic E-state index is 13.8. The lowest BCUT2D eigenvalue weighted by Crippen LogP contribution is -2.50. The lowest BCUT2D eigenvalue weighted by atomic mass is 10.0. The molecule has 1 saturated heterocycles. The average molecular weight is 696 g/mol. The van der Waals surface area contributed by atoms with Crippen LogP contribution in [-0.2, 0) is 4.74 Å². The van der Waals surface area contributed by atoms with Crippen LogP contribution in [0, 0.1) is 17.1 Å². The van der Waals surface area contributed by atoms with Gasteiger partial charge in [0.2, 0.25) is 0 Å². The fourth-order valence-corrected chi connectivity index (χ4v) is 6.70. The van der Waals surface area contributed by atoms with E-state index in [0.29, 0.717) is 51.6 Å². The summed E-state index contributed by atoms with van der Waals surface area (Å²) in [5.74, 6) is -0.541. The Labute approximate surface area is 286 Å². The van der Waals surface area contributed by atoms with Gasteiger partial charge in [-0.25, -0.2) is 9.18 Å². The second-order valence-electron chi connectivity index (χ2n) is 12.3. The van der Waals surface area contributed by atoms with Gasteiger partial charge in [0.25, 0.3) is 0 Å². The van der Waals surface area contributed by atoms with E-state index in [1.165, 1.54) is 18.3 Å². The number of carbonyl (C=O) groups is 1. The number of rotatable bonds is 7. The number of fused-ring (bicyclic) bond motifs is 1. The van der Waals surface area contributed by atoms with Crippen LogP contribution in [0.1, 0.15) is 50.8 Å². The Hall–Kier alpha value is -4.28. The molecule has 4 aromatic rings. The van der Waals surface area contributed by atoms with Crippen LogP contribution < -0.4 is 21.6 Å². The minimum Gasteiger partial charge on any atom is -0.444 e. The highest BCUT2D eigenvalue weighted by Crippen LogP contribution is 2.38. The molecule has 4 N–H and O–H groups in total. The number of halogens is 3. The molecule has 1 fully saturated rings. The van der Waals surface area contributed by atoms with E-state index in [9.17, 15) is 14.4 Å². The number of hydrogen-bond donors (Lipinski definition) is 4. The molecule has 0 aliphatic carbocycles. The molecule has 10 nitrogen and oxygen atoms in total. The smallest absolute Gasteiger partial charge is 0.410 e. The summed E-state index contributed by atoms with van der Waals surface area (Å²) in [7, 11) is 0. The summed E-state index contributed by atoms with van der Waals surface area (Å²) in [5.41, 5.74) is 10.5. The minimum absolute atomic E-state index is 0.0422. The lowest BCUT2D eigenvalue weighted by Gasteiger charge is -2.36. The molecule has 0 unspecified atom stereocenters. The molecule has 2 aliphatic rings. The second kappa shape index (κ2) is 13.4. The number of aromatic nitrogens is 1. The molecule has 0 bridgehead atoms. The van der Waals surface area contributed by atoms with Crippen LogP contribution in [0.5, 0.6) is 0 Å². The number of nitrogens with zero attached hydrogens (tertiary/aromatic N) is 4. The third-order valence-corrected chi connectivity index (χ3v) is 9.13. The van der Waals surface area contributed by atoms with E-state index >= 15 is 0 Å². The van der Waals surface area contributed by atoms with E-state index in [1.54, 1.807) is 28.4 Å². The number of piperidine rings is 1. The number of hydrogen-bond acceptors (Lipinski definition) is 10. The predicted molar refractivity (Wildman–Crippen MR) is 184 cm³/mol. The fraction of sp³-hybridized carbons (Fsp3) is 0.303. The second-order valence-corrected chi connectivity index (χ2v) is 13.9. The molecule has 0 saturated carbocycles. The van der Waals surface area contributed by atoms with Crippen molar-refractivity contribution in [3.05, 3.63) is 92.2 Å². The summed E-state index contributed by atoms with van der Waals surface area (Å²) in [6.07, 6.45) is 4.77. The van der Waals surface area contributed by atoms with E-state index in [-0.39, 0.29) is 23.2 Å². The number of ether oxygens (including phenoxy) is 1. The topological polar surface area (TPSA) is 118 Å². The molecule has 47 heavy (non-hydrogen) atoms. The highest BCUT2D eigenvalue weighted by molar-refractivity contribution is 7.08. The van der Waals surface area contributed by atoms with Crippen LogP contribution in [0.25, 0.3) is 10.9 Å². The van der Waals surface area contributed by atoms with Gasteiger partial charge in [-0.05, 0) is 86.3 Å². The van der Waals surface area contributed by atoms with Gasteiger partial charge in [-0.2, -0.15) is 16.6 Å². The maximum Gasteiger partial charge on any atom is 0.410 e. The highest BCUT2D eigenvalue weighted by Gasteiger charge is 2.32. The van der Waals surface area contributed by atoms with Crippen molar-refractivity contribution in [3.63, 3.8) is 0 Å². The maximum atomic E-state index is 13.8. The van der Waals surface area contributed by atoms with Gasteiger partial charge in [0.05, 0.1) is 38.6 Å². The molecule has 1 atom stereocenters. The standard InChI is InChI=1S/C33H33Cl2FN8O2S/c1-33(2,3)46-32(45)43-9-6-23(7-10-43)44-17-28(41-42-44)30(19-8-11-47-18-19)40-22-12-24-29(39-21-4-5-27(36)25(34)13-21)20(15-37)16-38-31(24)26(35)14-22/h4-5,8,11-14,16-18,23,30,40-42H,6-7,9-10H2,1-3H3,(H,38,39)/t30-/m0/s1. The van der Waals surface area contributed by atoms with Crippen molar-refractivity contribution in [2.75, 3.05) is 23.7 Å². The van der Waals surface area contributed by atoms with Crippen molar-refractivity contribution in [2.24, 2.45) is 0 Å². The first-order valence-electron chi connectivity index (χ1n) is 15.0. The Bertz CT molecular complexity index is 1870. The van der Waals surface area contributed by atoms with E-state index < -0.39 is 11.4 Å². The number of nitrogens with one attached hydrogen (secondary N) is 4. The van der Waals surface area contributed by atoms with Crippen LogP contribution in [0.3, 0.4) is 0 Å². The van der Waals surface area contributed by atoms with Crippen LogP contribution in [0.2, 0.25) is 10.0 Å². The molecule has 0 radical (unpaired) electrons. The molecule has 2 aromatic heterocycles. The first kappa shape index (κ1) is 32.7. The number of amides is 1.